The van der Waals surface area contributed by atoms with Crippen LogP contribution in [0, 0.1) is 0 Å². The highest BCUT2D eigenvalue weighted by Crippen LogP contribution is 2.21. The van der Waals surface area contributed by atoms with Crippen molar-refractivity contribution >= 4 is 5.91 Å². The van der Waals surface area contributed by atoms with Crippen molar-refractivity contribution in [2.24, 2.45) is 0 Å². The normalized spacial score (nSPS) is 10.1. The Hall–Kier alpha value is -2.03. The van der Waals surface area contributed by atoms with E-state index in [-0.39, 0.29) is 5.91 Å². The van der Waals surface area contributed by atoms with Crippen LogP contribution in [0.4, 0.5) is 0 Å². The van der Waals surface area contributed by atoms with Gasteiger partial charge in [-0.1, -0.05) is 30.3 Å². The molecule has 0 aliphatic carbocycles. The Morgan fingerprint density at radius 3 is 2.62 bits per heavy atom. The third-order valence-corrected chi connectivity index (χ3v) is 2.23. The van der Waals surface area contributed by atoms with Gasteiger partial charge >= 0.3 is 0 Å². The van der Waals surface area contributed by atoms with Gasteiger partial charge in [0.05, 0.1) is 0 Å². The minimum absolute atomic E-state index is 0.176. The van der Waals surface area contributed by atoms with Gasteiger partial charge in [-0.25, -0.2) is 0 Å². The molecule has 0 spiro atoms. The molecule has 2 aromatic rings. The molecule has 3 heteroatoms. The van der Waals surface area contributed by atoms with Crippen molar-refractivity contribution in [2.45, 2.75) is 6.92 Å². The predicted octanol–water partition coefficient (Wildman–Crippen LogP) is 2.70. The fourth-order valence-corrected chi connectivity index (χ4v) is 1.47. The Balaban J connectivity index is 2.23. The fraction of sp³-hybridized carbons (Fsp3) is 0.154. The number of nitrogens with one attached hydrogen (secondary N) is 1. The molecule has 1 heterocycles. The number of rotatable bonds is 3. The number of amides is 1. The summed E-state index contributed by atoms with van der Waals surface area (Å²) in [6.07, 6.45) is 0. The second-order valence-electron chi connectivity index (χ2n) is 3.39. The van der Waals surface area contributed by atoms with Crippen LogP contribution in [0.3, 0.4) is 0 Å². The third kappa shape index (κ3) is 2.14. The van der Waals surface area contributed by atoms with Crippen molar-refractivity contribution in [3.8, 4) is 11.3 Å². The van der Waals surface area contributed by atoms with Gasteiger partial charge in [0.1, 0.15) is 5.76 Å². The van der Waals surface area contributed by atoms with Gasteiger partial charge < -0.3 is 9.73 Å². The summed E-state index contributed by atoms with van der Waals surface area (Å²) in [7, 11) is 0. The molecule has 1 aromatic carbocycles. The van der Waals surface area contributed by atoms with Crippen LogP contribution < -0.4 is 5.32 Å². The maximum Gasteiger partial charge on any atom is 0.287 e. The third-order valence-electron chi connectivity index (χ3n) is 2.23. The van der Waals surface area contributed by atoms with E-state index in [4.69, 9.17) is 4.42 Å². The maximum atomic E-state index is 11.5. The summed E-state index contributed by atoms with van der Waals surface area (Å²) < 4.78 is 5.47. The molecule has 2 rings (SSSR count). The second-order valence-corrected chi connectivity index (χ2v) is 3.39. The smallest absolute Gasteiger partial charge is 0.287 e. The van der Waals surface area contributed by atoms with Gasteiger partial charge in [0, 0.05) is 12.1 Å². The zero-order valence-electron chi connectivity index (χ0n) is 9.07. The lowest BCUT2D eigenvalue weighted by Gasteiger charge is -1.98. The van der Waals surface area contributed by atoms with E-state index in [1.54, 1.807) is 12.1 Å². The first-order chi connectivity index (χ1) is 7.81. The molecular weight excluding hydrogens is 202 g/mol. The van der Waals surface area contributed by atoms with Gasteiger partial charge in [-0.3, -0.25) is 4.79 Å². The number of hydrogen-bond donors (Lipinski definition) is 1. The minimum Gasteiger partial charge on any atom is -0.451 e. The molecule has 0 saturated carbocycles. The number of benzene rings is 1. The monoisotopic (exact) mass is 215 g/mol. The van der Waals surface area contributed by atoms with E-state index >= 15 is 0 Å². The number of hydrogen-bond acceptors (Lipinski definition) is 2. The maximum absolute atomic E-state index is 11.5. The van der Waals surface area contributed by atoms with Crippen LogP contribution in [0.2, 0.25) is 0 Å². The molecule has 3 nitrogen and oxygen atoms in total. The van der Waals surface area contributed by atoms with E-state index < -0.39 is 0 Å². The first-order valence-electron chi connectivity index (χ1n) is 5.24. The van der Waals surface area contributed by atoms with Gasteiger partial charge in [-0.05, 0) is 19.1 Å². The van der Waals surface area contributed by atoms with Gasteiger partial charge in [-0.15, -0.1) is 0 Å². The first kappa shape index (κ1) is 10.5. The molecular formula is C13H13NO2. The van der Waals surface area contributed by atoms with Crippen LogP contribution in [-0.2, 0) is 0 Å². The van der Waals surface area contributed by atoms with Gasteiger partial charge in [0.25, 0.3) is 5.91 Å². The molecule has 16 heavy (non-hydrogen) atoms. The molecule has 0 aliphatic heterocycles. The summed E-state index contributed by atoms with van der Waals surface area (Å²) >= 11 is 0. The molecule has 82 valence electrons. The van der Waals surface area contributed by atoms with Crippen molar-refractivity contribution in [1.82, 2.24) is 5.32 Å². The van der Waals surface area contributed by atoms with Crippen LogP contribution in [0.15, 0.2) is 46.9 Å². The summed E-state index contributed by atoms with van der Waals surface area (Å²) in [6, 6.07) is 13.2. The van der Waals surface area contributed by atoms with Crippen molar-refractivity contribution < 1.29 is 9.21 Å². The lowest BCUT2D eigenvalue weighted by atomic mass is 10.2. The summed E-state index contributed by atoms with van der Waals surface area (Å²) in [5.41, 5.74) is 0.970. The Morgan fingerprint density at radius 1 is 1.19 bits per heavy atom. The summed E-state index contributed by atoms with van der Waals surface area (Å²) in [4.78, 5) is 11.5. The highest BCUT2D eigenvalue weighted by atomic mass is 16.3. The lowest BCUT2D eigenvalue weighted by molar-refractivity contribution is 0.0929. The molecule has 0 unspecified atom stereocenters. The highest BCUT2D eigenvalue weighted by Gasteiger charge is 2.10. The van der Waals surface area contributed by atoms with Gasteiger partial charge in [-0.2, -0.15) is 0 Å². The zero-order chi connectivity index (χ0) is 11.4. The van der Waals surface area contributed by atoms with E-state index in [1.807, 2.05) is 37.3 Å². The summed E-state index contributed by atoms with van der Waals surface area (Å²) in [5.74, 6) is 0.882. The van der Waals surface area contributed by atoms with E-state index in [0.717, 1.165) is 5.56 Å². The number of carbonyl (C=O) groups excluding carboxylic acids is 1. The largest absolute Gasteiger partial charge is 0.451 e. The lowest BCUT2D eigenvalue weighted by Crippen LogP contribution is -2.21. The molecule has 0 aliphatic rings. The molecule has 0 atom stereocenters. The highest BCUT2D eigenvalue weighted by molar-refractivity contribution is 5.91. The topological polar surface area (TPSA) is 42.2 Å². The quantitative estimate of drug-likeness (QED) is 0.855. The zero-order valence-corrected chi connectivity index (χ0v) is 9.07. The Morgan fingerprint density at radius 2 is 1.94 bits per heavy atom. The first-order valence-corrected chi connectivity index (χ1v) is 5.24. The molecule has 0 bridgehead atoms. The standard InChI is InChI=1S/C13H13NO2/c1-2-14-13(15)12-9-8-11(16-12)10-6-4-3-5-7-10/h3-9H,2H2,1H3,(H,14,15). The van der Waals surface area contributed by atoms with Crippen LogP contribution >= 0.6 is 0 Å². The van der Waals surface area contributed by atoms with E-state index in [2.05, 4.69) is 5.32 Å². The predicted molar refractivity (Wildman–Crippen MR) is 62.2 cm³/mol. The number of carbonyl (C=O) groups is 1. The average molecular weight is 215 g/mol. The Labute approximate surface area is 94.1 Å². The fourth-order valence-electron chi connectivity index (χ4n) is 1.47. The van der Waals surface area contributed by atoms with Crippen molar-refractivity contribution in [2.75, 3.05) is 6.54 Å². The second kappa shape index (κ2) is 4.66. The van der Waals surface area contributed by atoms with Gasteiger partial charge in [0.2, 0.25) is 0 Å². The minimum atomic E-state index is -0.176. The van der Waals surface area contributed by atoms with Crippen LogP contribution in [0.1, 0.15) is 17.5 Å². The molecule has 0 saturated heterocycles. The van der Waals surface area contributed by atoms with E-state index in [9.17, 15) is 4.79 Å². The van der Waals surface area contributed by atoms with Crippen LogP contribution in [0.25, 0.3) is 11.3 Å². The van der Waals surface area contributed by atoms with E-state index in [1.165, 1.54) is 0 Å². The van der Waals surface area contributed by atoms with Crippen molar-refractivity contribution in [3.05, 3.63) is 48.2 Å². The summed E-state index contributed by atoms with van der Waals surface area (Å²) in [5, 5.41) is 2.69. The number of furan rings is 1. The SMILES string of the molecule is CCNC(=O)c1ccc(-c2ccccc2)o1. The molecule has 1 aromatic heterocycles. The molecule has 1 N–H and O–H groups in total. The van der Waals surface area contributed by atoms with E-state index in [0.29, 0.717) is 18.1 Å². The van der Waals surface area contributed by atoms with Crippen LogP contribution in [0.5, 0.6) is 0 Å². The Bertz CT molecular complexity index is 474. The van der Waals surface area contributed by atoms with Crippen molar-refractivity contribution in [3.63, 3.8) is 0 Å². The molecule has 0 radical (unpaired) electrons. The average Bonchev–Trinajstić information content (AvgIpc) is 2.80. The molecule has 1 amide bonds. The van der Waals surface area contributed by atoms with Crippen LogP contribution in [-0.4, -0.2) is 12.5 Å². The van der Waals surface area contributed by atoms with Gasteiger partial charge in [0.15, 0.2) is 5.76 Å². The molecule has 0 fully saturated rings. The van der Waals surface area contributed by atoms with Crippen molar-refractivity contribution in [1.29, 1.82) is 0 Å². The Kier molecular flexibility index (Phi) is 3.05. The summed E-state index contributed by atoms with van der Waals surface area (Å²) in [6.45, 7) is 2.47.